The van der Waals surface area contributed by atoms with Crippen LogP contribution < -0.4 is 10.6 Å². The number of carbonyl (C=O) groups is 1. The van der Waals surface area contributed by atoms with Crippen LogP contribution in [0.3, 0.4) is 0 Å². The molecule has 0 saturated heterocycles. The number of fused-ring (bicyclic) bond motifs is 1. The number of hydrogen-bond donors (Lipinski definition) is 2. The first-order valence-corrected chi connectivity index (χ1v) is 13.4. The number of nitrogens with zero attached hydrogens (tertiary/aromatic N) is 2. The van der Waals surface area contributed by atoms with Gasteiger partial charge in [-0.05, 0) is 82.9 Å². The van der Waals surface area contributed by atoms with Gasteiger partial charge in [0.15, 0.2) is 6.61 Å². The summed E-state index contributed by atoms with van der Waals surface area (Å²) >= 11 is 11.5. The van der Waals surface area contributed by atoms with Crippen molar-refractivity contribution < 1.29 is 9.53 Å². The topological polar surface area (TPSA) is 66.5 Å². The van der Waals surface area contributed by atoms with Gasteiger partial charge in [0.1, 0.15) is 5.76 Å². The molecule has 0 spiro atoms. The molecule has 0 aliphatic rings. The first kappa shape index (κ1) is 34.6. The smallest absolute Gasteiger partial charge is 0.262 e. The maximum absolute atomic E-state index is 12.0. The number of aryl methyl sites for hydroxylation is 1. The molecular weight excluding hydrogens is 507 g/mol. The molecule has 2 N–H and O–H groups in total. The fourth-order valence-corrected chi connectivity index (χ4v) is 3.59. The van der Waals surface area contributed by atoms with Crippen LogP contribution in [0.1, 0.15) is 39.2 Å². The third-order valence-corrected chi connectivity index (χ3v) is 5.84. The number of amides is 1. The lowest BCUT2D eigenvalue weighted by molar-refractivity contribution is -0.119. The van der Waals surface area contributed by atoms with Crippen LogP contribution in [0, 0.1) is 6.92 Å². The fourth-order valence-electron chi connectivity index (χ4n) is 3.36. The van der Waals surface area contributed by atoms with Crippen molar-refractivity contribution in [2.45, 2.75) is 46.6 Å². The molecule has 0 saturated carbocycles. The number of anilines is 1. The second-order valence-electron chi connectivity index (χ2n) is 8.29. The zero-order valence-corrected chi connectivity index (χ0v) is 24.8. The molecule has 206 valence electrons. The molecule has 37 heavy (non-hydrogen) atoms. The number of likely N-dealkylation sites (N-methyl/N-ethyl adjacent to an activating group) is 2. The van der Waals surface area contributed by atoms with E-state index in [-0.39, 0.29) is 18.4 Å². The minimum atomic E-state index is -0.265. The third-order valence-electron chi connectivity index (χ3n) is 5.45. The van der Waals surface area contributed by atoms with Crippen LogP contribution in [0.5, 0.6) is 0 Å². The van der Waals surface area contributed by atoms with E-state index in [9.17, 15) is 4.79 Å². The summed E-state index contributed by atoms with van der Waals surface area (Å²) in [6.45, 7) is 16.3. The molecule has 6 nitrogen and oxygen atoms in total. The van der Waals surface area contributed by atoms with Gasteiger partial charge in [0.2, 0.25) is 0 Å². The predicted molar refractivity (Wildman–Crippen MR) is 162 cm³/mol. The van der Waals surface area contributed by atoms with E-state index in [0.29, 0.717) is 16.5 Å². The van der Waals surface area contributed by atoms with Gasteiger partial charge in [-0.25, -0.2) is 0 Å². The number of nitrogens with one attached hydrogen (secondary N) is 2. The summed E-state index contributed by atoms with van der Waals surface area (Å²) in [5.41, 5.74) is 2.68. The lowest BCUT2D eigenvalue weighted by Gasteiger charge is -2.26. The lowest BCUT2D eigenvalue weighted by Crippen LogP contribution is -2.38. The maximum Gasteiger partial charge on any atom is 0.262 e. The summed E-state index contributed by atoms with van der Waals surface area (Å²) < 4.78 is 5.39. The number of benzene rings is 1. The molecule has 1 aromatic carbocycles. The van der Waals surface area contributed by atoms with E-state index in [2.05, 4.69) is 54.6 Å². The van der Waals surface area contributed by atoms with E-state index < -0.39 is 0 Å². The zero-order valence-electron chi connectivity index (χ0n) is 23.2. The van der Waals surface area contributed by atoms with Crippen molar-refractivity contribution in [3.63, 3.8) is 0 Å². The molecule has 2 aromatic rings. The van der Waals surface area contributed by atoms with Gasteiger partial charge < -0.3 is 20.3 Å². The second kappa shape index (κ2) is 20.7. The number of allylic oxidation sites excluding steroid dienone is 4. The number of ether oxygens (including phenoxy) is 1. The molecule has 1 amide bonds. The van der Waals surface area contributed by atoms with Crippen LogP contribution in [0.25, 0.3) is 10.9 Å². The number of hydrogen-bond acceptors (Lipinski definition) is 5. The highest BCUT2D eigenvalue weighted by Crippen LogP contribution is 2.20. The Morgan fingerprint density at radius 3 is 2.51 bits per heavy atom. The van der Waals surface area contributed by atoms with Gasteiger partial charge in [0.05, 0.1) is 11.4 Å². The van der Waals surface area contributed by atoms with Crippen LogP contribution in [0.2, 0.25) is 0 Å². The predicted octanol–water partition coefficient (Wildman–Crippen LogP) is 6.89. The van der Waals surface area contributed by atoms with E-state index in [1.54, 1.807) is 25.3 Å². The van der Waals surface area contributed by atoms with Gasteiger partial charge in [0.25, 0.3) is 5.91 Å². The van der Waals surface area contributed by atoms with Gasteiger partial charge in [-0.2, -0.15) is 0 Å². The van der Waals surface area contributed by atoms with E-state index in [0.717, 1.165) is 35.6 Å². The fraction of sp³-hybridized carbons (Fsp3) is 0.448. The van der Waals surface area contributed by atoms with Crippen molar-refractivity contribution in [1.29, 1.82) is 0 Å². The van der Waals surface area contributed by atoms with Gasteiger partial charge in [0, 0.05) is 34.9 Å². The Kier molecular flexibility index (Phi) is 19.3. The average molecular weight is 552 g/mol. The molecule has 0 bridgehead atoms. The highest BCUT2D eigenvalue weighted by molar-refractivity contribution is 6.29. The molecule has 1 unspecified atom stereocenters. The molecule has 1 aromatic heterocycles. The van der Waals surface area contributed by atoms with Crippen molar-refractivity contribution in [3.8, 4) is 0 Å². The summed E-state index contributed by atoms with van der Waals surface area (Å²) in [5.74, 6) is 0.373. The molecule has 8 heteroatoms. The minimum Gasteiger partial charge on any atom is -0.487 e. The third kappa shape index (κ3) is 14.2. The van der Waals surface area contributed by atoms with Crippen molar-refractivity contribution in [2.75, 3.05) is 45.0 Å². The number of pyridine rings is 1. The number of alkyl halides is 1. The first-order valence-electron chi connectivity index (χ1n) is 12.5. The molecule has 1 atom stereocenters. The Morgan fingerprint density at radius 1 is 1.24 bits per heavy atom. The monoisotopic (exact) mass is 550 g/mol. The molecule has 0 fully saturated rings. The molecule has 1 heterocycles. The Labute approximate surface area is 233 Å². The Morgan fingerprint density at radius 2 is 1.95 bits per heavy atom. The number of carbonyl (C=O) groups excluding carboxylic acids is 1. The average Bonchev–Trinajstić information content (AvgIpc) is 2.90. The lowest BCUT2D eigenvalue weighted by atomic mass is 10.1. The summed E-state index contributed by atoms with van der Waals surface area (Å²) in [7, 11) is 4.21. The summed E-state index contributed by atoms with van der Waals surface area (Å²) in [6, 6.07) is 8.23. The van der Waals surface area contributed by atoms with Crippen LogP contribution >= 0.6 is 23.2 Å². The molecule has 0 aliphatic carbocycles. The number of rotatable bonds is 12. The van der Waals surface area contributed by atoms with Crippen molar-refractivity contribution >= 4 is 45.7 Å². The van der Waals surface area contributed by atoms with Gasteiger partial charge in [-0.15, -0.1) is 24.8 Å². The SMILES string of the molecule is C/C(Cl)=C\C=C(/CCl)OCC(=O)Nc1ccc2nccc(C)c2c1.C=C.CCCC(CNC)N(C)CC. The number of halogens is 2. The molecule has 2 rings (SSSR count). The van der Waals surface area contributed by atoms with Crippen molar-refractivity contribution in [3.05, 3.63) is 72.1 Å². The second-order valence-corrected chi connectivity index (χ2v) is 9.15. The maximum atomic E-state index is 12.0. The molecule has 0 aliphatic heterocycles. The van der Waals surface area contributed by atoms with E-state index in [1.165, 1.54) is 12.8 Å². The highest BCUT2D eigenvalue weighted by Gasteiger charge is 2.10. The van der Waals surface area contributed by atoms with Gasteiger partial charge in [-0.3, -0.25) is 9.78 Å². The van der Waals surface area contributed by atoms with E-state index in [4.69, 9.17) is 27.9 Å². The van der Waals surface area contributed by atoms with Gasteiger partial charge in [-0.1, -0.05) is 31.9 Å². The number of aromatic nitrogens is 1. The van der Waals surface area contributed by atoms with Gasteiger partial charge >= 0.3 is 0 Å². The molecular formula is C29H44Cl2N4O2. The van der Waals surface area contributed by atoms with E-state index >= 15 is 0 Å². The molecule has 0 radical (unpaired) electrons. The summed E-state index contributed by atoms with van der Waals surface area (Å²) in [6.07, 6.45) is 7.65. The zero-order chi connectivity index (χ0) is 28.2. The summed E-state index contributed by atoms with van der Waals surface area (Å²) in [5, 5.41) is 7.63. The van der Waals surface area contributed by atoms with Crippen LogP contribution in [-0.4, -0.2) is 61.5 Å². The highest BCUT2D eigenvalue weighted by atomic mass is 35.5. The van der Waals surface area contributed by atoms with Crippen LogP contribution in [0.15, 0.2) is 66.6 Å². The minimum absolute atomic E-state index is 0.127. The Balaban J connectivity index is 0.000000841. The standard InChI is InChI=1S/C18H18Cl2N2O2.C9H22N2.C2H4/c1-12-7-8-21-17-6-4-14(9-16(12)17)22-18(23)11-24-15(10-19)5-3-13(2)20;1-5-7-9(8-10-3)11(4)6-2;1-2/h3-9H,10-11H2,1-2H3,(H,22,23);9-10H,5-8H2,1-4H3;1-2H2/b13-3+,15-5+;;. The van der Waals surface area contributed by atoms with Crippen molar-refractivity contribution in [2.24, 2.45) is 0 Å². The Hall–Kier alpha value is -2.38. The van der Waals surface area contributed by atoms with Crippen molar-refractivity contribution in [1.82, 2.24) is 15.2 Å². The van der Waals surface area contributed by atoms with E-state index in [1.807, 2.05) is 38.2 Å². The Bertz CT molecular complexity index is 985. The first-order chi connectivity index (χ1) is 17.7. The van der Waals surface area contributed by atoms with Crippen LogP contribution in [-0.2, 0) is 9.53 Å². The summed E-state index contributed by atoms with van der Waals surface area (Å²) in [4.78, 5) is 18.7. The largest absolute Gasteiger partial charge is 0.487 e. The quantitative estimate of drug-likeness (QED) is 0.130. The van der Waals surface area contributed by atoms with Crippen LogP contribution in [0.4, 0.5) is 5.69 Å². The normalized spacial score (nSPS) is 12.2.